The minimum absolute atomic E-state index is 0.143. The third-order valence-electron chi connectivity index (χ3n) is 5.10. The summed E-state index contributed by atoms with van der Waals surface area (Å²) in [6, 6.07) is 0. The van der Waals surface area contributed by atoms with E-state index in [9.17, 15) is 4.79 Å². The smallest absolute Gasteiger partial charge is 0.225 e. The van der Waals surface area contributed by atoms with Gasteiger partial charge in [0.05, 0.1) is 25.1 Å². The van der Waals surface area contributed by atoms with Crippen LogP contribution >= 0.6 is 0 Å². The van der Waals surface area contributed by atoms with Crippen molar-refractivity contribution >= 4 is 17.4 Å². The van der Waals surface area contributed by atoms with Crippen molar-refractivity contribution in [2.45, 2.75) is 26.2 Å². The molecular weight excluding hydrogens is 318 g/mol. The van der Waals surface area contributed by atoms with Gasteiger partial charge in [-0.2, -0.15) is 0 Å². The molecule has 1 amide bonds. The zero-order valence-corrected chi connectivity index (χ0v) is 15.4. The van der Waals surface area contributed by atoms with Crippen LogP contribution in [0.4, 0.5) is 11.5 Å². The highest BCUT2D eigenvalue weighted by atomic mass is 16.5. The Balaban J connectivity index is 1.64. The van der Waals surface area contributed by atoms with Crippen LogP contribution in [0.1, 0.15) is 26.2 Å². The molecule has 0 saturated carbocycles. The van der Waals surface area contributed by atoms with Crippen molar-refractivity contribution < 1.29 is 9.53 Å². The molecular formula is C18H29N5O2. The van der Waals surface area contributed by atoms with Crippen molar-refractivity contribution in [2.75, 3.05) is 62.8 Å². The highest BCUT2D eigenvalue weighted by molar-refractivity contribution is 5.79. The molecule has 0 aromatic carbocycles. The van der Waals surface area contributed by atoms with E-state index in [2.05, 4.69) is 26.7 Å². The Kier molecular flexibility index (Phi) is 6.07. The molecule has 0 aliphatic carbocycles. The lowest BCUT2D eigenvalue weighted by Gasteiger charge is -2.37. The summed E-state index contributed by atoms with van der Waals surface area (Å²) < 4.78 is 5.45. The number of morpholine rings is 1. The topological polar surface area (TPSA) is 61.8 Å². The SMILES string of the molecule is CCCN(C)C(=O)C1CCN(c2cncnc2N2CCOCC2)CC1. The molecule has 0 atom stereocenters. The van der Waals surface area contributed by atoms with Crippen LogP contribution in [0.5, 0.6) is 0 Å². The summed E-state index contributed by atoms with van der Waals surface area (Å²) in [4.78, 5) is 27.7. The minimum atomic E-state index is 0.143. The number of anilines is 2. The summed E-state index contributed by atoms with van der Waals surface area (Å²) in [5, 5.41) is 0. The number of rotatable bonds is 5. The van der Waals surface area contributed by atoms with Gasteiger partial charge in [-0.25, -0.2) is 9.97 Å². The number of nitrogens with zero attached hydrogens (tertiary/aromatic N) is 5. The number of amides is 1. The molecule has 1 aromatic heterocycles. The molecule has 3 heterocycles. The van der Waals surface area contributed by atoms with E-state index in [1.165, 1.54) is 0 Å². The van der Waals surface area contributed by atoms with Crippen molar-refractivity contribution in [2.24, 2.45) is 5.92 Å². The van der Waals surface area contributed by atoms with Crippen LogP contribution in [0.15, 0.2) is 12.5 Å². The van der Waals surface area contributed by atoms with Gasteiger partial charge in [-0.1, -0.05) is 6.92 Å². The maximum Gasteiger partial charge on any atom is 0.225 e. The summed E-state index contributed by atoms with van der Waals surface area (Å²) in [5.41, 5.74) is 1.08. The van der Waals surface area contributed by atoms with Gasteiger partial charge in [0.15, 0.2) is 5.82 Å². The Bertz CT molecular complexity index is 568. The van der Waals surface area contributed by atoms with E-state index in [4.69, 9.17) is 4.74 Å². The zero-order valence-electron chi connectivity index (χ0n) is 15.4. The molecule has 7 heteroatoms. The number of carbonyl (C=O) groups excluding carboxylic acids is 1. The normalized spacial score (nSPS) is 19.1. The van der Waals surface area contributed by atoms with Crippen LogP contribution < -0.4 is 9.80 Å². The first-order chi connectivity index (χ1) is 12.2. The molecule has 2 fully saturated rings. The van der Waals surface area contributed by atoms with E-state index in [0.717, 1.165) is 76.7 Å². The van der Waals surface area contributed by atoms with E-state index >= 15 is 0 Å². The first-order valence-electron chi connectivity index (χ1n) is 9.33. The molecule has 2 saturated heterocycles. The maximum absolute atomic E-state index is 12.5. The molecule has 0 radical (unpaired) electrons. The van der Waals surface area contributed by atoms with Gasteiger partial charge in [-0.3, -0.25) is 4.79 Å². The van der Waals surface area contributed by atoms with Crippen LogP contribution in [-0.2, 0) is 9.53 Å². The summed E-state index contributed by atoms with van der Waals surface area (Å²) >= 11 is 0. The second kappa shape index (κ2) is 8.47. The molecule has 3 rings (SSSR count). The number of hydrogen-bond donors (Lipinski definition) is 0. The average Bonchev–Trinajstić information content (AvgIpc) is 2.68. The van der Waals surface area contributed by atoms with Crippen LogP contribution in [0.25, 0.3) is 0 Å². The number of ether oxygens (including phenoxy) is 1. The molecule has 138 valence electrons. The van der Waals surface area contributed by atoms with Gasteiger partial charge in [0.1, 0.15) is 6.33 Å². The predicted molar refractivity (Wildman–Crippen MR) is 97.9 cm³/mol. The van der Waals surface area contributed by atoms with Gasteiger partial charge in [-0.05, 0) is 19.3 Å². The number of hydrogen-bond acceptors (Lipinski definition) is 6. The molecule has 0 spiro atoms. The third-order valence-corrected chi connectivity index (χ3v) is 5.10. The van der Waals surface area contributed by atoms with Crippen LogP contribution in [0, 0.1) is 5.92 Å². The highest BCUT2D eigenvalue weighted by Gasteiger charge is 2.29. The fourth-order valence-corrected chi connectivity index (χ4v) is 3.68. The predicted octanol–water partition coefficient (Wildman–Crippen LogP) is 1.40. The number of aromatic nitrogens is 2. The number of piperidine rings is 1. The van der Waals surface area contributed by atoms with E-state index in [1.54, 1.807) is 6.33 Å². The third kappa shape index (κ3) is 4.21. The van der Waals surface area contributed by atoms with Crippen molar-refractivity contribution in [3.05, 3.63) is 12.5 Å². The lowest BCUT2D eigenvalue weighted by Crippen LogP contribution is -2.43. The molecule has 0 N–H and O–H groups in total. The zero-order chi connectivity index (χ0) is 17.6. The standard InChI is InChI=1S/C18H29N5O2/c1-3-6-21(2)18(24)15-4-7-22(8-5-15)16-13-19-14-20-17(16)23-9-11-25-12-10-23/h13-15H,3-12H2,1-2H3. The molecule has 0 bridgehead atoms. The van der Waals surface area contributed by atoms with Gasteiger partial charge in [0.2, 0.25) is 5.91 Å². The summed E-state index contributed by atoms with van der Waals surface area (Å²) in [7, 11) is 1.92. The Hall–Kier alpha value is -1.89. The van der Waals surface area contributed by atoms with Gasteiger partial charge in [-0.15, -0.1) is 0 Å². The molecule has 2 aliphatic heterocycles. The van der Waals surface area contributed by atoms with Crippen LogP contribution in [-0.4, -0.2) is 73.8 Å². The number of carbonyl (C=O) groups is 1. The van der Waals surface area contributed by atoms with Crippen LogP contribution in [0.3, 0.4) is 0 Å². The van der Waals surface area contributed by atoms with Gasteiger partial charge in [0, 0.05) is 45.7 Å². The van der Waals surface area contributed by atoms with E-state index in [0.29, 0.717) is 5.91 Å². The van der Waals surface area contributed by atoms with Gasteiger partial charge in [0.25, 0.3) is 0 Å². The minimum Gasteiger partial charge on any atom is -0.378 e. The molecule has 7 nitrogen and oxygen atoms in total. The first-order valence-corrected chi connectivity index (χ1v) is 9.33. The maximum atomic E-state index is 12.5. The summed E-state index contributed by atoms with van der Waals surface area (Å²) in [5.74, 6) is 1.43. The molecule has 25 heavy (non-hydrogen) atoms. The van der Waals surface area contributed by atoms with E-state index in [1.807, 2.05) is 18.1 Å². The fraction of sp³-hybridized carbons (Fsp3) is 0.722. The summed E-state index contributed by atoms with van der Waals surface area (Å²) in [6.07, 6.45) is 6.31. The Morgan fingerprint density at radius 3 is 2.64 bits per heavy atom. The largest absolute Gasteiger partial charge is 0.378 e. The van der Waals surface area contributed by atoms with Crippen molar-refractivity contribution in [3.8, 4) is 0 Å². The Morgan fingerprint density at radius 2 is 1.96 bits per heavy atom. The average molecular weight is 347 g/mol. The quantitative estimate of drug-likeness (QED) is 0.802. The Labute approximate surface area is 150 Å². The van der Waals surface area contributed by atoms with E-state index in [-0.39, 0.29) is 5.92 Å². The monoisotopic (exact) mass is 347 g/mol. The van der Waals surface area contributed by atoms with E-state index < -0.39 is 0 Å². The summed E-state index contributed by atoms with van der Waals surface area (Å²) in [6.45, 7) is 7.90. The second-order valence-electron chi connectivity index (χ2n) is 6.85. The van der Waals surface area contributed by atoms with Crippen molar-refractivity contribution in [1.29, 1.82) is 0 Å². The molecule has 1 aromatic rings. The van der Waals surface area contributed by atoms with Crippen LogP contribution in [0.2, 0.25) is 0 Å². The fourth-order valence-electron chi connectivity index (χ4n) is 3.68. The van der Waals surface area contributed by atoms with Gasteiger partial charge >= 0.3 is 0 Å². The Morgan fingerprint density at radius 1 is 1.24 bits per heavy atom. The highest BCUT2D eigenvalue weighted by Crippen LogP contribution is 2.30. The van der Waals surface area contributed by atoms with Crippen molar-refractivity contribution in [1.82, 2.24) is 14.9 Å². The lowest BCUT2D eigenvalue weighted by molar-refractivity contribution is -0.134. The van der Waals surface area contributed by atoms with Crippen molar-refractivity contribution in [3.63, 3.8) is 0 Å². The second-order valence-corrected chi connectivity index (χ2v) is 6.85. The lowest BCUT2D eigenvalue weighted by atomic mass is 9.95. The molecule has 2 aliphatic rings. The molecule has 0 unspecified atom stereocenters. The van der Waals surface area contributed by atoms with Gasteiger partial charge < -0.3 is 19.4 Å². The first kappa shape index (κ1) is 17.9.